The first kappa shape index (κ1) is 61.9. The number of fused-ring (bicyclic) bond motifs is 5. The van der Waals surface area contributed by atoms with Crippen LogP contribution < -0.4 is 14.1 Å². The summed E-state index contributed by atoms with van der Waals surface area (Å²) in [5.41, 5.74) is 7.47. The van der Waals surface area contributed by atoms with E-state index in [2.05, 4.69) is 24.9 Å². The van der Waals surface area contributed by atoms with Crippen LogP contribution in [-0.2, 0) is 26.2 Å². The van der Waals surface area contributed by atoms with Crippen molar-refractivity contribution in [3.8, 4) is 28.7 Å². The van der Waals surface area contributed by atoms with Crippen molar-refractivity contribution in [2.45, 2.75) is 86.0 Å². The number of unbranched alkanes of at least 4 members (excludes halogenated alkanes) is 2. The van der Waals surface area contributed by atoms with Gasteiger partial charge in [-0.05, 0) is 31.9 Å². The van der Waals surface area contributed by atoms with Gasteiger partial charge in [-0.3, -0.25) is 9.59 Å². The number of pyridine rings is 5. The molecule has 5 aromatic carbocycles. The van der Waals surface area contributed by atoms with Crippen LogP contribution in [0.5, 0.6) is 28.7 Å². The number of nitrogens with zero attached hydrogens (tertiary/aromatic N) is 5. The third kappa shape index (κ3) is 17.9. The maximum absolute atomic E-state index is 13.4. The summed E-state index contributed by atoms with van der Waals surface area (Å²) in [6.45, 7) is 9.52. The molecule has 0 radical (unpaired) electrons. The average Bonchev–Trinajstić information content (AvgIpc) is 3.66. The molecule has 0 amide bonds. The molecule has 0 unspecified atom stereocenters. The molecule has 0 aliphatic carbocycles. The fourth-order valence-corrected chi connectivity index (χ4v) is 13.8. The normalized spacial score (nSPS) is 10.6. The van der Waals surface area contributed by atoms with Gasteiger partial charge in [0.1, 0.15) is 11.3 Å². The number of carbonyl (C=O) groups is 4. The van der Waals surface area contributed by atoms with Gasteiger partial charge in [0, 0.05) is 23.9 Å². The Labute approximate surface area is 491 Å². The monoisotopic (exact) mass is 1240 g/mol. The van der Waals surface area contributed by atoms with Crippen molar-refractivity contribution < 1.29 is 61.1 Å². The second-order valence-corrected chi connectivity index (χ2v) is 24.5. The van der Waals surface area contributed by atoms with E-state index in [9.17, 15) is 24.3 Å². The van der Waals surface area contributed by atoms with Gasteiger partial charge in [0.25, 0.3) is 0 Å². The van der Waals surface area contributed by atoms with Crippen LogP contribution in [0.25, 0.3) is 54.5 Å². The van der Waals surface area contributed by atoms with E-state index in [0.29, 0.717) is 76.3 Å². The summed E-state index contributed by atoms with van der Waals surface area (Å²) < 4.78 is 37.7. The van der Waals surface area contributed by atoms with Gasteiger partial charge in [0.15, 0.2) is 0 Å². The molecule has 0 saturated carbocycles. The summed E-state index contributed by atoms with van der Waals surface area (Å²) in [6.07, 6.45) is 1.78. The Kier molecular flexibility index (Phi) is 22.2. The first-order valence-electron chi connectivity index (χ1n) is 26.6. The van der Waals surface area contributed by atoms with Crippen LogP contribution in [0.15, 0.2) is 152 Å². The zero-order chi connectivity index (χ0) is 58.1. The molecule has 83 heavy (non-hydrogen) atoms. The van der Waals surface area contributed by atoms with Crippen molar-refractivity contribution in [2.24, 2.45) is 0 Å². The van der Waals surface area contributed by atoms with Crippen molar-refractivity contribution in [3.63, 3.8) is 0 Å². The third-order valence-corrected chi connectivity index (χ3v) is 18.2. The van der Waals surface area contributed by atoms with Crippen LogP contribution >= 0.6 is 0 Å². The number of hydrogen-bond acceptors (Lipinski definition) is 16. The number of carbonyl (C=O) groups excluding carboxylic acids is 2. The summed E-state index contributed by atoms with van der Waals surface area (Å²) in [4.78, 5) is 69.6. The first-order chi connectivity index (χ1) is 39.5. The number of rotatable bonds is 20. The second-order valence-electron chi connectivity index (χ2n) is 19.2. The number of aryl methyl sites for hydroxylation is 5. The molecule has 5 N–H and O–H groups in total. The topological polar surface area (TPSA) is 280 Å². The molecular weight excluding hydrogens is 1180 g/mol. The second kappa shape index (κ2) is 29.8. The number of aliphatic carboxylic acids is 2. The van der Waals surface area contributed by atoms with Gasteiger partial charge in [0.2, 0.25) is 0 Å². The van der Waals surface area contributed by atoms with E-state index in [4.69, 9.17) is 31.4 Å². The number of benzene rings is 5. The molecule has 0 spiro atoms. The largest absolute Gasteiger partial charge is 0.481 e. The molecule has 0 aliphatic heterocycles. The molecule has 0 aliphatic rings. The SMILES string of the molecule is Cc1ccc2cccc(O)c2n1.Cc1ccc2cccc([O][Ga]([O]C(=O)CCCCC(=O)[O][Ga]([O]c3cccc4ccc(C)nc34)[O]c3cccc4ccc(C)nc34)[O]c3cccc4ccc(C)nc34)c2n1.O.O=C(O)CCCCC(=O)O. The molecule has 0 fully saturated rings. The Bertz CT molecular complexity index is 3540. The van der Waals surface area contributed by atoms with Crippen molar-refractivity contribution >= 4 is 113 Å². The fraction of sp³-hybridized carbons (Fsp3) is 0.210. The standard InChI is InChI=1S/5C10H9NO.2C6H10O4.2Ga.H2O/c5*1-7-5-6-8-3-2-4-9(12)10(8)11-7;2*7-5(8)3-1-2-4-6(9)10;;;/h5*2-6,12H,1H3;2*1-4H2,(H,7,8)(H,9,10);;;1H2/q;;;;;;;2*+3;/p-6. The Morgan fingerprint density at radius 2 is 0.614 bits per heavy atom. The molecule has 0 atom stereocenters. The van der Waals surface area contributed by atoms with E-state index in [-0.39, 0.29) is 36.9 Å². The quantitative estimate of drug-likeness (QED) is 0.0472. The van der Waals surface area contributed by atoms with Gasteiger partial charge in [-0.15, -0.1) is 0 Å². The maximum Gasteiger partial charge on any atom is 0.303 e. The Morgan fingerprint density at radius 1 is 0.361 bits per heavy atom. The van der Waals surface area contributed by atoms with Crippen LogP contribution in [0.4, 0.5) is 0 Å². The van der Waals surface area contributed by atoms with Crippen LogP contribution in [0.3, 0.4) is 0 Å². The number of hydrogen-bond donors (Lipinski definition) is 3. The zero-order valence-corrected chi connectivity index (χ0v) is 51.3. The predicted octanol–water partition coefficient (Wildman–Crippen LogP) is 11.5. The van der Waals surface area contributed by atoms with Crippen molar-refractivity contribution in [2.75, 3.05) is 0 Å². The van der Waals surface area contributed by atoms with Gasteiger partial charge in [-0.1, -0.05) is 18.2 Å². The number of phenols is 1. The molecule has 10 rings (SSSR count). The summed E-state index contributed by atoms with van der Waals surface area (Å²) in [6, 6.07) is 47.3. The van der Waals surface area contributed by atoms with Crippen LogP contribution in [0, 0.1) is 34.6 Å². The van der Waals surface area contributed by atoms with E-state index in [0.717, 1.165) is 55.4 Å². The molecule has 19 nitrogen and oxygen atoms in total. The fourth-order valence-electron chi connectivity index (χ4n) is 8.46. The van der Waals surface area contributed by atoms with Crippen molar-refractivity contribution in [3.05, 3.63) is 180 Å². The number of aromatic hydroxyl groups is 1. The third-order valence-electron chi connectivity index (χ3n) is 12.5. The Hall–Kier alpha value is -8.74. The predicted molar refractivity (Wildman–Crippen MR) is 316 cm³/mol. The van der Waals surface area contributed by atoms with Gasteiger partial charge < -0.3 is 20.8 Å². The molecule has 5 heterocycles. The first-order valence-corrected chi connectivity index (χ1v) is 32.5. The molecule has 0 bridgehead atoms. The maximum atomic E-state index is 13.4. The van der Waals surface area contributed by atoms with Gasteiger partial charge in [-0.25, -0.2) is 4.98 Å². The summed E-state index contributed by atoms with van der Waals surface area (Å²) in [7, 11) is 0. The van der Waals surface area contributed by atoms with E-state index < -0.39 is 58.5 Å². The number of carboxylic acids is 2. The molecule has 5 aromatic heterocycles. The van der Waals surface area contributed by atoms with Crippen molar-refractivity contribution in [1.82, 2.24) is 24.9 Å². The molecule has 21 heteroatoms. The van der Waals surface area contributed by atoms with E-state index in [1.165, 1.54) is 0 Å². The minimum absolute atomic E-state index is 0. The van der Waals surface area contributed by atoms with Gasteiger partial charge in [-0.2, -0.15) is 0 Å². The number of phenolic OH excluding ortho intramolecular Hbond substituents is 1. The Balaban J connectivity index is 0.000000358. The zero-order valence-electron chi connectivity index (χ0n) is 46.4. The number of aromatic nitrogens is 5. The van der Waals surface area contributed by atoms with Crippen LogP contribution in [0.1, 0.15) is 79.8 Å². The van der Waals surface area contributed by atoms with Crippen LogP contribution in [-0.4, -0.2) is 104 Å². The van der Waals surface area contributed by atoms with Gasteiger partial charge >= 0.3 is 373 Å². The van der Waals surface area contributed by atoms with E-state index >= 15 is 0 Å². The van der Waals surface area contributed by atoms with E-state index in [1.807, 2.05) is 156 Å². The summed E-state index contributed by atoms with van der Waals surface area (Å²) >= 11 is -7.75. The Morgan fingerprint density at radius 3 is 0.904 bits per heavy atom. The minimum Gasteiger partial charge on any atom is -0.481 e. The van der Waals surface area contributed by atoms with Gasteiger partial charge in [0.05, 0.1) is 0 Å². The summed E-state index contributed by atoms with van der Waals surface area (Å²) in [5, 5.41) is 30.2. The minimum atomic E-state index is -3.88. The molecule has 0 saturated heterocycles. The molecule has 424 valence electrons. The molecule has 10 aromatic rings. The van der Waals surface area contributed by atoms with Crippen molar-refractivity contribution in [1.29, 1.82) is 0 Å². The smallest absolute Gasteiger partial charge is 0.303 e. The number of carboxylic acid groups (broad SMARTS) is 2. The summed E-state index contributed by atoms with van der Waals surface area (Å²) in [5.74, 6) is -0.621. The van der Waals surface area contributed by atoms with Crippen LogP contribution in [0.2, 0.25) is 0 Å². The molecular formula is C62H61Ga2N5O14. The average molecular weight is 1240 g/mol. The number of para-hydroxylation sites is 5. The van der Waals surface area contributed by atoms with E-state index in [1.54, 1.807) is 30.3 Å².